The zero-order valence-corrected chi connectivity index (χ0v) is 16.0. The van der Waals surface area contributed by atoms with Gasteiger partial charge in [0.05, 0.1) is 24.3 Å². The van der Waals surface area contributed by atoms with E-state index >= 15 is 0 Å². The summed E-state index contributed by atoms with van der Waals surface area (Å²) in [6.45, 7) is 1.69. The van der Waals surface area contributed by atoms with Crippen molar-refractivity contribution in [1.29, 1.82) is 0 Å². The van der Waals surface area contributed by atoms with Gasteiger partial charge in [0.1, 0.15) is 0 Å². The van der Waals surface area contributed by atoms with E-state index in [1.54, 1.807) is 13.0 Å². The second-order valence-electron chi connectivity index (χ2n) is 6.26. The Hall–Kier alpha value is -3.94. The van der Waals surface area contributed by atoms with Gasteiger partial charge in [0, 0.05) is 22.7 Å². The quantitative estimate of drug-likeness (QED) is 0.362. The lowest BCUT2D eigenvalue weighted by Crippen LogP contribution is -2.26. The van der Waals surface area contributed by atoms with E-state index in [-0.39, 0.29) is 23.9 Å². The lowest BCUT2D eigenvalue weighted by Gasteiger charge is -2.09. The number of amides is 1. The molecule has 8 heteroatoms. The molecule has 8 nitrogen and oxygen atoms in total. The smallest absolute Gasteiger partial charge is 0.311 e. The molecule has 0 saturated heterocycles. The fourth-order valence-electron chi connectivity index (χ4n) is 2.86. The average molecular weight is 392 g/mol. The van der Waals surface area contributed by atoms with Crippen LogP contribution in [0.15, 0.2) is 65.8 Å². The first-order valence-electron chi connectivity index (χ1n) is 8.87. The van der Waals surface area contributed by atoms with Crippen LogP contribution in [0.2, 0.25) is 0 Å². The first-order chi connectivity index (χ1) is 14.0. The molecule has 148 valence electrons. The third kappa shape index (κ3) is 4.67. The number of rotatable bonds is 7. The van der Waals surface area contributed by atoms with Crippen molar-refractivity contribution in [3.05, 3.63) is 76.3 Å². The normalized spacial score (nSPS) is 11.2. The molecule has 0 spiro atoms. The fourth-order valence-corrected chi connectivity index (χ4v) is 2.86. The standard InChI is InChI=1S/C21H20N4O4/c1-14(16-10-11-20(29-2)19(12-16)25(27)28)23-24-21(26)13-22-18-9-5-7-15-6-3-4-8-17(15)18/h3-12,22H,13H2,1-2H3,(H,24,26). The molecule has 0 saturated carbocycles. The summed E-state index contributed by atoms with van der Waals surface area (Å²) >= 11 is 0. The molecule has 29 heavy (non-hydrogen) atoms. The second-order valence-corrected chi connectivity index (χ2v) is 6.26. The third-order valence-corrected chi connectivity index (χ3v) is 4.37. The minimum atomic E-state index is -0.526. The van der Waals surface area contributed by atoms with Crippen molar-refractivity contribution in [2.75, 3.05) is 19.0 Å². The Labute approximate surface area is 167 Å². The highest BCUT2D eigenvalue weighted by atomic mass is 16.6. The van der Waals surface area contributed by atoms with Crippen molar-refractivity contribution >= 4 is 33.8 Å². The Bertz CT molecular complexity index is 1090. The summed E-state index contributed by atoms with van der Waals surface area (Å²) in [6, 6.07) is 18.2. The minimum Gasteiger partial charge on any atom is -0.490 e. The lowest BCUT2D eigenvalue weighted by atomic mass is 10.1. The number of nitro benzene ring substituents is 1. The fraction of sp³-hybridized carbons (Fsp3) is 0.143. The number of methoxy groups -OCH3 is 1. The van der Waals surface area contributed by atoms with E-state index in [9.17, 15) is 14.9 Å². The number of ether oxygens (including phenoxy) is 1. The Morgan fingerprint density at radius 2 is 1.90 bits per heavy atom. The van der Waals surface area contributed by atoms with Crippen molar-refractivity contribution in [2.45, 2.75) is 6.92 Å². The largest absolute Gasteiger partial charge is 0.490 e. The zero-order valence-electron chi connectivity index (χ0n) is 16.0. The summed E-state index contributed by atoms with van der Waals surface area (Å²) in [6.07, 6.45) is 0. The molecule has 0 aliphatic heterocycles. The van der Waals surface area contributed by atoms with E-state index in [4.69, 9.17) is 4.74 Å². The molecule has 3 aromatic carbocycles. The van der Waals surface area contributed by atoms with Gasteiger partial charge in [-0.25, -0.2) is 5.43 Å². The third-order valence-electron chi connectivity index (χ3n) is 4.37. The van der Waals surface area contributed by atoms with E-state index in [1.165, 1.54) is 19.2 Å². The summed E-state index contributed by atoms with van der Waals surface area (Å²) in [5, 5.41) is 20.4. The maximum Gasteiger partial charge on any atom is 0.311 e. The Kier molecular flexibility index (Phi) is 6.03. The summed E-state index contributed by atoms with van der Waals surface area (Å²) in [5.74, 6) is -0.171. The highest BCUT2D eigenvalue weighted by molar-refractivity contribution is 6.00. The molecule has 0 unspecified atom stereocenters. The van der Waals surface area contributed by atoms with Crippen LogP contribution in [0.3, 0.4) is 0 Å². The van der Waals surface area contributed by atoms with E-state index in [0.717, 1.165) is 16.5 Å². The molecule has 0 bridgehead atoms. The summed E-state index contributed by atoms with van der Waals surface area (Å²) in [4.78, 5) is 22.8. The topological polar surface area (TPSA) is 106 Å². The first-order valence-corrected chi connectivity index (χ1v) is 8.87. The van der Waals surface area contributed by atoms with Crippen LogP contribution in [-0.4, -0.2) is 30.2 Å². The van der Waals surface area contributed by atoms with Crippen molar-refractivity contribution in [1.82, 2.24) is 5.43 Å². The zero-order chi connectivity index (χ0) is 20.8. The molecule has 0 aliphatic carbocycles. The SMILES string of the molecule is COc1ccc(C(C)=NNC(=O)CNc2cccc3ccccc23)cc1[N+](=O)[O-]. The van der Waals surface area contributed by atoms with Crippen LogP contribution in [0.5, 0.6) is 5.75 Å². The minimum absolute atomic E-state index is 0.0353. The number of hydrogen-bond acceptors (Lipinski definition) is 6. The van der Waals surface area contributed by atoms with Crippen LogP contribution >= 0.6 is 0 Å². The molecule has 0 radical (unpaired) electrons. The number of anilines is 1. The van der Waals surface area contributed by atoms with Gasteiger partial charge in [-0.3, -0.25) is 14.9 Å². The number of carbonyl (C=O) groups is 1. The predicted octanol–water partition coefficient (Wildman–Crippen LogP) is 3.71. The number of benzene rings is 3. The van der Waals surface area contributed by atoms with Gasteiger partial charge >= 0.3 is 5.69 Å². The second kappa shape index (κ2) is 8.83. The van der Waals surface area contributed by atoms with Gasteiger partial charge in [-0.05, 0) is 30.5 Å². The van der Waals surface area contributed by atoms with Crippen molar-refractivity contribution in [2.24, 2.45) is 5.10 Å². The number of nitrogens with one attached hydrogen (secondary N) is 2. The van der Waals surface area contributed by atoms with Gasteiger partial charge in [-0.2, -0.15) is 5.10 Å². The molecule has 0 fully saturated rings. The van der Waals surface area contributed by atoms with Gasteiger partial charge in [-0.1, -0.05) is 36.4 Å². The highest BCUT2D eigenvalue weighted by Gasteiger charge is 2.16. The molecule has 0 aliphatic rings. The van der Waals surface area contributed by atoms with E-state index in [2.05, 4.69) is 15.8 Å². The van der Waals surface area contributed by atoms with Gasteiger partial charge in [-0.15, -0.1) is 0 Å². The molecule has 3 rings (SSSR count). The van der Waals surface area contributed by atoms with Crippen LogP contribution in [0.4, 0.5) is 11.4 Å². The number of hydrazone groups is 1. The van der Waals surface area contributed by atoms with Crippen molar-refractivity contribution in [3.8, 4) is 5.75 Å². The van der Waals surface area contributed by atoms with Crippen LogP contribution in [0.25, 0.3) is 10.8 Å². The predicted molar refractivity (Wildman–Crippen MR) is 112 cm³/mol. The van der Waals surface area contributed by atoms with Gasteiger partial charge in [0.15, 0.2) is 5.75 Å². The Morgan fingerprint density at radius 3 is 2.66 bits per heavy atom. The van der Waals surface area contributed by atoms with Gasteiger partial charge < -0.3 is 10.1 Å². The highest BCUT2D eigenvalue weighted by Crippen LogP contribution is 2.27. The maximum atomic E-state index is 12.2. The van der Waals surface area contributed by atoms with E-state index in [1.807, 2.05) is 42.5 Å². The summed E-state index contributed by atoms with van der Waals surface area (Å²) in [7, 11) is 1.37. The van der Waals surface area contributed by atoms with Crippen LogP contribution in [-0.2, 0) is 4.79 Å². The Morgan fingerprint density at radius 1 is 1.14 bits per heavy atom. The molecular weight excluding hydrogens is 372 g/mol. The molecule has 0 atom stereocenters. The number of nitro groups is 1. The van der Waals surface area contributed by atoms with E-state index in [0.29, 0.717) is 11.3 Å². The average Bonchev–Trinajstić information content (AvgIpc) is 2.75. The van der Waals surface area contributed by atoms with Gasteiger partial charge in [0.25, 0.3) is 5.91 Å². The Balaban J connectivity index is 1.66. The molecule has 0 heterocycles. The summed E-state index contributed by atoms with van der Waals surface area (Å²) in [5.41, 5.74) is 4.10. The number of carbonyl (C=O) groups excluding carboxylic acids is 1. The number of hydrogen-bond donors (Lipinski definition) is 2. The lowest BCUT2D eigenvalue weighted by molar-refractivity contribution is -0.385. The van der Waals surface area contributed by atoms with Crippen LogP contribution in [0, 0.1) is 10.1 Å². The molecular formula is C21H20N4O4. The van der Waals surface area contributed by atoms with Crippen molar-refractivity contribution < 1.29 is 14.5 Å². The van der Waals surface area contributed by atoms with Crippen molar-refractivity contribution in [3.63, 3.8) is 0 Å². The first kappa shape index (κ1) is 19.8. The molecule has 2 N–H and O–H groups in total. The molecule has 0 aromatic heterocycles. The number of fused-ring (bicyclic) bond motifs is 1. The van der Waals surface area contributed by atoms with Crippen LogP contribution in [0.1, 0.15) is 12.5 Å². The van der Waals surface area contributed by atoms with Gasteiger partial charge in [0.2, 0.25) is 0 Å². The van der Waals surface area contributed by atoms with Crippen LogP contribution < -0.4 is 15.5 Å². The summed E-state index contributed by atoms with van der Waals surface area (Å²) < 4.78 is 4.98. The molecule has 3 aromatic rings. The monoisotopic (exact) mass is 392 g/mol. The maximum absolute atomic E-state index is 12.2. The van der Waals surface area contributed by atoms with E-state index < -0.39 is 4.92 Å². The molecule has 1 amide bonds. The number of nitrogens with zero attached hydrogens (tertiary/aromatic N) is 2.